The summed E-state index contributed by atoms with van der Waals surface area (Å²) in [6, 6.07) is 1.43. The van der Waals surface area contributed by atoms with Crippen LogP contribution in [0.25, 0.3) is 0 Å². The largest absolute Gasteiger partial charge is 0.297 e. The highest BCUT2D eigenvalue weighted by Crippen LogP contribution is 2.18. The summed E-state index contributed by atoms with van der Waals surface area (Å²) >= 11 is 2.55. The average Bonchev–Trinajstić information content (AvgIpc) is 2.03. The van der Waals surface area contributed by atoms with Crippen LogP contribution in [-0.2, 0) is 0 Å². The van der Waals surface area contributed by atoms with Crippen molar-refractivity contribution in [2.75, 3.05) is 6.54 Å². The van der Waals surface area contributed by atoms with Gasteiger partial charge in [0.25, 0.3) is 0 Å². The van der Waals surface area contributed by atoms with Gasteiger partial charge in [0, 0.05) is 16.0 Å². The average molecular weight is 297 g/mol. The van der Waals surface area contributed by atoms with Crippen molar-refractivity contribution in [3.05, 3.63) is 0 Å². The minimum Gasteiger partial charge on any atom is -0.297 e. The fourth-order valence-electron chi connectivity index (χ4n) is 1.89. The van der Waals surface area contributed by atoms with Gasteiger partial charge in [-0.25, -0.2) is 0 Å². The topological polar surface area (TPSA) is 3.24 Å². The minimum absolute atomic E-state index is 0.683. The molecule has 80 valence electrons. The number of halogens is 1. The summed E-state index contributed by atoms with van der Waals surface area (Å²) in [5, 5.41) is 0. The van der Waals surface area contributed by atoms with Gasteiger partial charge in [-0.3, -0.25) is 4.90 Å². The molecule has 0 spiro atoms. The van der Waals surface area contributed by atoms with Crippen molar-refractivity contribution in [1.29, 1.82) is 0 Å². The normalized spacial score (nSPS) is 16.6. The van der Waals surface area contributed by atoms with Gasteiger partial charge in [0.15, 0.2) is 0 Å². The van der Waals surface area contributed by atoms with Crippen molar-refractivity contribution in [2.24, 2.45) is 0 Å². The third-order valence-corrected chi connectivity index (χ3v) is 3.35. The van der Waals surface area contributed by atoms with Crippen molar-refractivity contribution in [2.45, 2.75) is 63.5 Å². The molecule has 0 aromatic carbocycles. The Hall–Kier alpha value is 0.690. The highest BCUT2D eigenvalue weighted by molar-refractivity contribution is 14.1. The molecule has 2 atom stereocenters. The third-order valence-electron chi connectivity index (χ3n) is 2.52. The first-order valence-corrected chi connectivity index (χ1v) is 6.68. The molecular formula is C11H24IN. The number of rotatable bonds is 6. The summed E-state index contributed by atoms with van der Waals surface area (Å²) in [5.74, 6) is 0. The zero-order valence-electron chi connectivity index (χ0n) is 9.68. The van der Waals surface area contributed by atoms with E-state index < -0.39 is 0 Å². The molecule has 0 aliphatic rings. The van der Waals surface area contributed by atoms with E-state index in [4.69, 9.17) is 0 Å². The molecule has 0 saturated carbocycles. The zero-order chi connectivity index (χ0) is 10.4. The molecule has 0 heterocycles. The van der Waals surface area contributed by atoms with E-state index in [2.05, 4.69) is 62.1 Å². The van der Waals surface area contributed by atoms with Crippen LogP contribution in [0.3, 0.4) is 0 Å². The SMILES string of the molecule is CCCN(C(C)C)C(CC)C(C)I. The maximum absolute atomic E-state index is 2.64. The lowest BCUT2D eigenvalue weighted by molar-refractivity contribution is 0.151. The van der Waals surface area contributed by atoms with E-state index in [1.807, 2.05) is 0 Å². The van der Waals surface area contributed by atoms with Gasteiger partial charge < -0.3 is 0 Å². The lowest BCUT2D eigenvalue weighted by Gasteiger charge is -2.36. The second kappa shape index (κ2) is 7.04. The standard InChI is InChI=1S/C11H24IN/c1-6-8-13(9(3)4)11(7-2)10(5)12/h9-11H,6-8H2,1-5H3. The first-order valence-electron chi connectivity index (χ1n) is 5.44. The summed E-state index contributed by atoms with van der Waals surface area (Å²) in [6.45, 7) is 12.7. The maximum atomic E-state index is 2.64. The molecule has 2 heteroatoms. The number of alkyl halides is 1. The van der Waals surface area contributed by atoms with Gasteiger partial charge in [0.2, 0.25) is 0 Å². The minimum atomic E-state index is 0.683. The predicted octanol–water partition coefficient (Wildman–Crippen LogP) is 3.71. The Kier molecular flexibility index (Phi) is 7.42. The Bertz CT molecular complexity index is 123. The lowest BCUT2D eigenvalue weighted by Crippen LogP contribution is -2.44. The van der Waals surface area contributed by atoms with Crippen LogP contribution in [0.5, 0.6) is 0 Å². The number of hydrogen-bond acceptors (Lipinski definition) is 1. The van der Waals surface area contributed by atoms with Gasteiger partial charge in [0.05, 0.1) is 0 Å². The van der Waals surface area contributed by atoms with Gasteiger partial charge in [-0.2, -0.15) is 0 Å². The van der Waals surface area contributed by atoms with Crippen LogP contribution >= 0.6 is 22.6 Å². The Morgan fingerprint density at radius 1 is 1.15 bits per heavy atom. The van der Waals surface area contributed by atoms with Crippen LogP contribution in [0.15, 0.2) is 0 Å². The Balaban J connectivity index is 4.29. The Morgan fingerprint density at radius 2 is 1.69 bits per heavy atom. The maximum Gasteiger partial charge on any atom is 0.0237 e. The van der Waals surface area contributed by atoms with Crippen LogP contribution in [0, 0.1) is 0 Å². The van der Waals surface area contributed by atoms with Crippen molar-refractivity contribution < 1.29 is 0 Å². The molecule has 0 rings (SSSR count). The second-order valence-electron chi connectivity index (χ2n) is 3.98. The van der Waals surface area contributed by atoms with E-state index in [0.717, 1.165) is 9.97 Å². The molecule has 0 fully saturated rings. The second-order valence-corrected chi connectivity index (χ2v) is 5.95. The molecule has 1 nitrogen and oxygen atoms in total. The molecule has 0 bridgehead atoms. The highest BCUT2D eigenvalue weighted by atomic mass is 127. The fraction of sp³-hybridized carbons (Fsp3) is 1.00. The monoisotopic (exact) mass is 297 g/mol. The highest BCUT2D eigenvalue weighted by Gasteiger charge is 2.22. The first-order chi connectivity index (χ1) is 6.04. The summed E-state index contributed by atoms with van der Waals surface area (Å²) in [7, 11) is 0. The summed E-state index contributed by atoms with van der Waals surface area (Å²) in [6.07, 6.45) is 2.53. The van der Waals surface area contributed by atoms with E-state index in [1.54, 1.807) is 0 Å². The van der Waals surface area contributed by atoms with Crippen LogP contribution < -0.4 is 0 Å². The van der Waals surface area contributed by atoms with Crippen LogP contribution in [0.1, 0.15) is 47.5 Å². The van der Waals surface area contributed by atoms with Gasteiger partial charge in [-0.05, 0) is 33.2 Å². The van der Waals surface area contributed by atoms with Gasteiger partial charge in [-0.1, -0.05) is 43.4 Å². The molecule has 0 aliphatic carbocycles. The molecule has 2 unspecified atom stereocenters. The third kappa shape index (κ3) is 4.63. The first kappa shape index (κ1) is 13.7. The van der Waals surface area contributed by atoms with Crippen molar-refractivity contribution >= 4 is 22.6 Å². The van der Waals surface area contributed by atoms with Gasteiger partial charge in [0.1, 0.15) is 0 Å². The molecule has 0 aliphatic heterocycles. The van der Waals surface area contributed by atoms with Crippen molar-refractivity contribution in [3.8, 4) is 0 Å². The van der Waals surface area contributed by atoms with Crippen LogP contribution in [-0.4, -0.2) is 27.5 Å². The van der Waals surface area contributed by atoms with E-state index >= 15 is 0 Å². The summed E-state index contributed by atoms with van der Waals surface area (Å²) < 4.78 is 0.747. The Labute approximate surface area is 97.4 Å². The predicted molar refractivity (Wildman–Crippen MR) is 69.7 cm³/mol. The summed E-state index contributed by atoms with van der Waals surface area (Å²) in [5.41, 5.74) is 0. The van der Waals surface area contributed by atoms with E-state index in [0.29, 0.717) is 6.04 Å². The van der Waals surface area contributed by atoms with Crippen LogP contribution in [0.4, 0.5) is 0 Å². The number of hydrogen-bond donors (Lipinski definition) is 0. The molecule has 0 saturated heterocycles. The quantitative estimate of drug-likeness (QED) is 0.533. The van der Waals surface area contributed by atoms with Crippen molar-refractivity contribution in [3.63, 3.8) is 0 Å². The Morgan fingerprint density at radius 3 is 1.92 bits per heavy atom. The fourth-order valence-corrected chi connectivity index (χ4v) is 2.81. The van der Waals surface area contributed by atoms with Gasteiger partial charge in [-0.15, -0.1) is 0 Å². The van der Waals surface area contributed by atoms with Gasteiger partial charge >= 0.3 is 0 Å². The smallest absolute Gasteiger partial charge is 0.0237 e. The van der Waals surface area contributed by atoms with E-state index in [1.165, 1.54) is 19.4 Å². The van der Waals surface area contributed by atoms with Crippen molar-refractivity contribution in [1.82, 2.24) is 4.90 Å². The van der Waals surface area contributed by atoms with Crippen LogP contribution in [0.2, 0.25) is 0 Å². The molecule has 0 radical (unpaired) electrons. The zero-order valence-corrected chi connectivity index (χ0v) is 11.8. The van der Waals surface area contributed by atoms with E-state index in [9.17, 15) is 0 Å². The number of nitrogens with zero attached hydrogens (tertiary/aromatic N) is 1. The van der Waals surface area contributed by atoms with E-state index in [-0.39, 0.29) is 0 Å². The summed E-state index contributed by atoms with van der Waals surface area (Å²) in [4.78, 5) is 2.64. The molecule has 0 aromatic rings. The molecule has 0 amide bonds. The molecule has 0 aromatic heterocycles. The molecule has 0 N–H and O–H groups in total. The molecular weight excluding hydrogens is 273 g/mol. The lowest BCUT2D eigenvalue weighted by atomic mass is 10.1. The molecule has 13 heavy (non-hydrogen) atoms.